The Bertz CT molecular complexity index is 502. The molecule has 0 atom stereocenters. The molecule has 0 unspecified atom stereocenters. The highest BCUT2D eigenvalue weighted by Gasteiger charge is 2.03. The Kier molecular flexibility index (Phi) is 12.4. The molecule has 0 bridgehead atoms. The van der Waals surface area contributed by atoms with Crippen LogP contribution in [-0.4, -0.2) is 22.7 Å². The first-order chi connectivity index (χ1) is 12.6. The summed E-state index contributed by atoms with van der Waals surface area (Å²) in [5.74, 6) is -0.131. The maximum Gasteiger partial charge on any atom is 0.220 e. The fourth-order valence-corrected chi connectivity index (χ4v) is 3.11. The van der Waals surface area contributed by atoms with E-state index in [1.165, 1.54) is 69.9 Å². The van der Waals surface area contributed by atoms with Gasteiger partial charge in [-0.25, -0.2) is 0 Å². The summed E-state index contributed by atoms with van der Waals surface area (Å²) in [4.78, 5) is 11.8. The summed E-state index contributed by atoms with van der Waals surface area (Å²) in [7, 11) is 0. The lowest BCUT2D eigenvalue weighted by Gasteiger charge is -2.06. The van der Waals surface area contributed by atoms with Crippen molar-refractivity contribution in [3.8, 4) is 11.5 Å². The van der Waals surface area contributed by atoms with Gasteiger partial charge in [-0.1, -0.05) is 77.2 Å². The van der Waals surface area contributed by atoms with Crippen LogP contribution in [0.4, 0.5) is 0 Å². The van der Waals surface area contributed by atoms with E-state index in [4.69, 9.17) is 0 Å². The number of unbranched alkanes of at least 4 members (excludes halogenated alkanes) is 10. The SMILES string of the molecule is CCCCCCCCCCCCCC(=O)NCCc1ccc(O)c(O)c1. The first-order valence-corrected chi connectivity index (χ1v) is 10.4. The maximum absolute atomic E-state index is 11.8. The van der Waals surface area contributed by atoms with Crippen LogP contribution in [0.25, 0.3) is 0 Å². The average Bonchev–Trinajstić information content (AvgIpc) is 2.62. The summed E-state index contributed by atoms with van der Waals surface area (Å²) < 4.78 is 0. The monoisotopic (exact) mass is 363 g/mol. The van der Waals surface area contributed by atoms with E-state index in [9.17, 15) is 15.0 Å². The van der Waals surface area contributed by atoms with Gasteiger partial charge in [0.25, 0.3) is 0 Å². The van der Waals surface area contributed by atoms with Crippen molar-refractivity contribution in [3.05, 3.63) is 23.8 Å². The number of nitrogens with one attached hydrogen (secondary N) is 1. The Morgan fingerprint density at radius 1 is 0.846 bits per heavy atom. The Balaban J connectivity index is 1.91. The first kappa shape index (κ1) is 22.3. The molecular formula is C22H37NO3. The van der Waals surface area contributed by atoms with Crippen molar-refractivity contribution in [2.75, 3.05) is 6.54 Å². The molecule has 0 aliphatic rings. The number of rotatable bonds is 15. The number of carbonyl (C=O) groups is 1. The number of phenols is 2. The van der Waals surface area contributed by atoms with Crippen LogP contribution in [0, 0.1) is 0 Å². The van der Waals surface area contributed by atoms with Crippen LogP contribution in [0.3, 0.4) is 0 Å². The van der Waals surface area contributed by atoms with E-state index < -0.39 is 0 Å². The van der Waals surface area contributed by atoms with Crippen molar-refractivity contribution < 1.29 is 15.0 Å². The van der Waals surface area contributed by atoms with Gasteiger partial charge in [0.15, 0.2) is 11.5 Å². The Morgan fingerprint density at radius 3 is 2.00 bits per heavy atom. The van der Waals surface area contributed by atoms with Gasteiger partial charge in [-0.05, 0) is 30.5 Å². The summed E-state index contributed by atoms with van der Waals surface area (Å²) in [5.41, 5.74) is 0.898. The molecule has 4 nitrogen and oxygen atoms in total. The van der Waals surface area contributed by atoms with Gasteiger partial charge in [0.2, 0.25) is 5.91 Å². The molecular weight excluding hydrogens is 326 g/mol. The van der Waals surface area contributed by atoms with Crippen molar-refractivity contribution in [3.63, 3.8) is 0 Å². The van der Waals surface area contributed by atoms with Crippen LogP contribution in [0.5, 0.6) is 11.5 Å². The molecule has 0 radical (unpaired) electrons. The van der Waals surface area contributed by atoms with E-state index in [1.807, 2.05) is 0 Å². The van der Waals surface area contributed by atoms with Gasteiger partial charge in [0, 0.05) is 13.0 Å². The summed E-state index contributed by atoms with van der Waals surface area (Å²) in [5, 5.41) is 21.6. The van der Waals surface area contributed by atoms with Gasteiger partial charge in [-0.2, -0.15) is 0 Å². The van der Waals surface area contributed by atoms with E-state index in [2.05, 4.69) is 12.2 Å². The second kappa shape index (κ2) is 14.5. The van der Waals surface area contributed by atoms with Gasteiger partial charge in [0.1, 0.15) is 0 Å². The summed E-state index contributed by atoms with van der Waals surface area (Å²) >= 11 is 0. The molecule has 3 N–H and O–H groups in total. The molecule has 0 aromatic heterocycles. The van der Waals surface area contributed by atoms with Gasteiger partial charge in [0.05, 0.1) is 0 Å². The molecule has 1 aromatic carbocycles. The van der Waals surface area contributed by atoms with Crippen LogP contribution in [0.1, 0.15) is 89.5 Å². The van der Waals surface area contributed by atoms with E-state index in [0.29, 0.717) is 19.4 Å². The topological polar surface area (TPSA) is 69.6 Å². The van der Waals surface area contributed by atoms with E-state index >= 15 is 0 Å². The van der Waals surface area contributed by atoms with Crippen LogP contribution in [0.15, 0.2) is 18.2 Å². The van der Waals surface area contributed by atoms with Crippen LogP contribution in [-0.2, 0) is 11.2 Å². The molecule has 1 aromatic rings. The summed E-state index contributed by atoms with van der Waals surface area (Å²) in [6.45, 7) is 2.81. The largest absolute Gasteiger partial charge is 0.504 e. The number of hydrogen-bond acceptors (Lipinski definition) is 3. The summed E-state index contributed by atoms with van der Waals surface area (Å²) in [6, 6.07) is 4.76. The minimum Gasteiger partial charge on any atom is -0.504 e. The molecule has 0 saturated heterocycles. The Morgan fingerprint density at radius 2 is 1.42 bits per heavy atom. The van der Waals surface area contributed by atoms with Crippen molar-refractivity contribution in [1.82, 2.24) is 5.32 Å². The highest BCUT2D eigenvalue weighted by atomic mass is 16.3. The van der Waals surface area contributed by atoms with Crippen LogP contribution < -0.4 is 5.32 Å². The zero-order valence-electron chi connectivity index (χ0n) is 16.4. The minimum absolute atomic E-state index is 0.101. The van der Waals surface area contributed by atoms with Crippen LogP contribution >= 0.6 is 0 Å². The quantitative estimate of drug-likeness (QED) is 0.286. The fourth-order valence-electron chi connectivity index (χ4n) is 3.11. The lowest BCUT2D eigenvalue weighted by atomic mass is 10.1. The zero-order chi connectivity index (χ0) is 19.0. The second-order valence-corrected chi connectivity index (χ2v) is 7.21. The predicted octanol–water partition coefficient (Wildman–Crippen LogP) is 5.46. The molecule has 0 aliphatic heterocycles. The van der Waals surface area contributed by atoms with Gasteiger partial charge in [-0.3, -0.25) is 4.79 Å². The van der Waals surface area contributed by atoms with Crippen LogP contribution in [0.2, 0.25) is 0 Å². The maximum atomic E-state index is 11.8. The van der Waals surface area contributed by atoms with Crippen molar-refractivity contribution in [2.24, 2.45) is 0 Å². The highest BCUT2D eigenvalue weighted by molar-refractivity contribution is 5.75. The van der Waals surface area contributed by atoms with Crippen molar-refractivity contribution >= 4 is 5.91 Å². The first-order valence-electron chi connectivity index (χ1n) is 10.4. The Labute approximate surface area is 159 Å². The minimum atomic E-state index is -0.116. The molecule has 1 rings (SSSR count). The standard InChI is InChI=1S/C22H37NO3/c1-2-3-4-5-6-7-8-9-10-11-12-13-22(26)23-17-16-19-14-15-20(24)21(25)18-19/h14-15,18,24-25H,2-13,16-17H2,1H3,(H,23,26). The van der Waals surface area contributed by atoms with Gasteiger partial charge < -0.3 is 15.5 Å². The molecule has 148 valence electrons. The van der Waals surface area contributed by atoms with E-state index in [1.54, 1.807) is 6.07 Å². The second-order valence-electron chi connectivity index (χ2n) is 7.21. The third-order valence-electron chi connectivity index (χ3n) is 4.78. The summed E-state index contributed by atoms with van der Waals surface area (Å²) in [6.07, 6.45) is 15.4. The lowest BCUT2D eigenvalue weighted by Crippen LogP contribution is -2.25. The van der Waals surface area contributed by atoms with E-state index in [-0.39, 0.29) is 17.4 Å². The zero-order valence-corrected chi connectivity index (χ0v) is 16.4. The molecule has 1 amide bonds. The number of carbonyl (C=O) groups excluding carboxylic acids is 1. The average molecular weight is 364 g/mol. The molecule has 0 spiro atoms. The number of benzene rings is 1. The molecule has 0 aliphatic carbocycles. The number of hydrogen-bond donors (Lipinski definition) is 3. The molecule has 0 heterocycles. The molecule has 0 fully saturated rings. The Hall–Kier alpha value is -1.71. The number of aromatic hydroxyl groups is 2. The number of phenolic OH excluding ortho intramolecular Hbond substituents is 2. The molecule has 26 heavy (non-hydrogen) atoms. The molecule has 4 heteroatoms. The van der Waals surface area contributed by atoms with Crippen molar-refractivity contribution in [1.29, 1.82) is 0 Å². The van der Waals surface area contributed by atoms with Gasteiger partial charge in [-0.15, -0.1) is 0 Å². The third kappa shape index (κ3) is 11.0. The third-order valence-corrected chi connectivity index (χ3v) is 4.78. The highest BCUT2D eigenvalue weighted by Crippen LogP contribution is 2.24. The van der Waals surface area contributed by atoms with Gasteiger partial charge >= 0.3 is 0 Å². The molecule has 0 saturated carbocycles. The number of amides is 1. The van der Waals surface area contributed by atoms with Crippen molar-refractivity contribution in [2.45, 2.75) is 90.4 Å². The van der Waals surface area contributed by atoms with E-state index in [0.717, 1.165) is 18.4 Å². The lowest BCUT2D eigenvalue weighted by molar-refractivity contribution is -0.121. The smallest absolute Gasteiger partial charge is 0.220 e. The predicted molar refractivity (Wildman–Crippen MR) is 108 cm³/mol. The normalized spacial score (nSPS) is 10.8. The fraction of sp³-hybridized carbons (Fsp3) is 0.682.